The third kappa shape index (κ3) is 1.95. The number of hydrogen-bond donors (Lipinski definition) is 1. The van der Waals surface area contributed by atoms with Crippen molar-refractivity contribution in [3.8, 4) is 6.07 Å². The van der Waals surface area contributed by atoms with Crippen molar-refractivity contribution in [3.05, 3.63) is 47.5 Å². The molecule has 2 nitrogen and oxygen atoms in total. The molecule has 0 saturated heterocycles. The lowest BCUT2D eigenvalue weighted by atomic mass is 9.99. The summed E-state index contributed by atoms with van der Waals surface area (Å²) >= 11 is 0. The maximum absolute atomic E-state index is 8.81. The maximum atomic E-state index is 8.81. The molecule has 66 valence electrons. The van der Waals surface area contributed by atoms with Gasteiger partial charge in [0.1, 0.15) is 0 Å². The first-order chi connectivity index (χ1) is 6.19. The Morgan fingerprint density at radius 1 is 1.62 bits per heavy atom. The molecule has 2 N–H and O–H groups in total. The molecule has 0 aromatic heterocycles. The van der Waals surface area contributed by atoms with Gasteiger partial charge in [0.15, 0.2) is 0 Å². The minimum Gasteiger partial charge on any atom is -0.321 e. The van der Waals surface area contributed by atoms with Crippen molar-refractivity contribution in [1.29, 1.82) is 5.26 Å². The predicted octanol–water partition coefficient (Wildman–Crippen LogP) is 2.05. The van der Waals surface area contributed by atoms with Crippen LogP contribution in [0, 0.1) is 18.3 Å². The van der Waals surface area contributed by atoms with E-state index in [1.54, 1.807) is 12.1 Å². The average molecular weight is 172 g/mol. The third-order valence-electron chi connectivity index (χ3n) is 1.94. The van der Waals surface area contributed by atoms with Crippen LogP contribution in [-0.2, 0) is 0 Å². The molecule has 1 rings (SSSR count). The van der Waals surface area contributed by atoms with E-state index < -0.39 is 0 Å². The van der Waals surface area contributed by atoms with Crippen LogP contribution in [0.3, 0.4) is 0 Å². The molecule has 0 saturated carbocycles. The molecule has 0 spiro atoms. The fraction of sp³-hybridized carbons (Fsp3) is 0.182. The lowest BCUT2D eigenvalue weighted by Gasteiger charge is -2.09. The van der Waals surface area contributed by atoms with Gasteiger partial charge < -0.3 is 5.73 Å². The Balaban J connectivity index is 3.25. The van der Waals surface area contributed by atoms with Crippen molar-refractivity contribution in [3.63, 3.8) is 0 Å². The van der Waals surface area contributed by atoms with Crippen molar-refractivity contribution in [1.82, 2.24) is 0 Å². The quantitative estimate of drug-likeness (QED) is 0.694. The Hall–Kier alpha value is -1.59. The molecule has 2 heteroatoms. The van der Waals surface area contributed by atoms with Crippen LogP contribution >= 0.6 is 0 Å². The Morgan fingerprint density at radius 2 is 2.31 bits per heavy atom. The van der Waals surface area contributed by atoms with Crippen LogP contribution in [0.5, 0.6) is 0 Å². The van der Waals surface area contributed by atoms with E-state index in [0.29, 0.717) is 5.56 Å². The van der Waals surface area contributed by atoms with Gasteiger partial charge in [-0.15, -0.1) is 6.58 Å². The topological polar surface area (TPSA) is 49.8 Å². The van der Waals surface area contributed by atoms with E-state index in [9.17, 15) is 0 Å². The van der Waals surface area contributed by atoms with Crippen LogP contribution in [0.25, 0.3) is 0 Å². The minimum absolute atomic E-state index is 0.255. The molecule has 1 atom stereocenters. The summed E-state index contributed by atoms with van der Waals surface area (Å²) < 4.78 is 0. The van der Waals surface area contributed by atoms with Gasteiger partial charge in [-0.25, -0.2) is 0 Å². The normalized spacial score (nSPS) is 11.8. The number of nitrogens with zero attached hydrogens (tertiary/aromatic N) is 1. The van der Waals surface area contributed by atoms with Gasteiger partial charge in [-0.05, 0) is 18.6 Å². The molecule has 1 unspecified atom stereocenters. The SMILES string of the molecule is C=CC(N)c1cc(C)ccc1C#N. The molecule has 0 aliphatic heterocycles. The molecule has 0 radical (unpaired) electrons. The summed E-state index contributed by atoms with van der Waals surface area (Å²) in [6, 6.07) is 7.46. The smallest absolute Gasteiger partial charge is 0.0995 e. The summed E-state index contributed by atoms with van der Waals surface area (Å²) in [7, 11) is 0. The first kappa shape index (κ1) is 9.50. The molecule has 0 aliphatic carbocycles. The summed E-state index contributed by atoms with van der Waals surface area (Å²) in [6.07, 6.45) is 1.63. The Labute approximate surface area is 78.3 Å². The highest BCUT2D eigenvalue weighted by Crippen LogP contribution is 2.17. The average Bonchev–Trinajstić information content (AvgIpc) is 2.16. The van der Waals surface area contributed by atoms with Crippen LogP contribution < -0.4 is 5.73 Å². The third-order valence-corrected chi connectivity index (χ3v) is 1.94. The van der Waals surface area contributed by atoms with Gasteiger partial charge >= 0.3 is 0 Å². The molecule has 0 fully saturated rings. The van der Waals surface area contributed by atoms with Gasteiger partial charge in [-0.2, -0.15) is 5.26 Å². The second kappa shape index (κ2) is 3.88. The molecule has 0 amide bonds. The van der Waals surface area contributed by atoms with Gasteiger partial charge in [0.05, 0.1) is 11.6 Å². The zero-order chi connectivity index (χ0) is 9.84. The fourth-order valence-corrected chi connectivity index (χ4v) is 1.19. The molecule has 1 aromatic carbocycles. The predicted molar refractivity (Wildman–Crippen MR) is 53.0 cm³/mol. The van der Waals surface area contributed by atoms with Gasteiger partial charge in [-0.1, -0.05) is 23.8 Å². The van der Waals surface area contributed by atoms with E-state index in [1.165, 1.54) is 0 Å². The molecule has 13 heavy (non-hydrogen) atoms. The summed E-state index contributed by atoms with van der Waals surface area (Å²) in [5.41, 5.74) is 8.34. The van der Waals surface area contributed by atoms with E-state index in [-0.39, 0.29) is 6.04 Å². The first-order valence-corrected chi connectivity index (χ1v) is 4.08. The van der Waals surface area contributed by atoms with Gasteiger partial charge in [0.25, 0.3) is 0 Å². The number of aryl methyl sites for hydroxylation is 1. The van der Waals surface area contributed by atoms with E-state index >= 15 is 0 Å². The number of nitrogens with two attached hydrogens (primary N) is 1. The Kier molecular flexibility index (Phi) is 2.84. The van der Waals surface area contributed by atoms with Crippen molar-refractivity contribution >= 4 is 0 Å². The number of nitriles is 1. The van der Waals surface area contributed by atoms with Gasteiger partial charge in [0, 0.05) is 6.04 Å². The van der Waals surface area contributed by atoms with Gasteiger partial charge in [-0.3, -0.25) is 0 Å². The molecule has 0 heterocycles. The lowest BCUT2D eigenvalue weighted by molar-refractivity contribution is 0.907. The van der Waals surface area contributed by atoms with E-state index in [1.807, 2.05) is 19.1 Å². The summed E-state index contributed by atoms with van der Waals surface area (Å²) in [5.74, 6) is 0. The van der Waals surface area contributed by atoms with Crippen molar-refractivity contribution in [2.24, 2.45) is 5.73 Å². The highest BCUT2D eigenvalue weighted by Gasteiger charge is 2.07. The monoisotopic (exact) mass is 172 g/mol. The van der Waals surface area contributed by atoms with Crippen LogP contribution in [-0.4, -0.2) is 0 Å². The molecule has 0 bridgehead atoms. The number of rotatable bonds is 2. The van der Waals surface area contributed by atoms with E-state index in [2.05, 4.69) is 12.6 Å². The number of benzene rings is 1. The largest absolute Gasteiger partial charge is 0.321 e. The van der Waals surface area contributed by atoms with Gasteiger partial charge in [0.2, 0.25) is 0 Å². The highest BCUT2D eigenvalue weighted by molar-refractivity contribution is 5.42. The summed E-state index contributed by atoms with van der Waals surface area (Å²) in [6.45, 7) is 5.58. The zero-order valence-corrected chi connectivity index (χ0v) is 7.62. The fourth-order valence-electron chi connectivity index (χ4n) is 1.19. The molecular formula is C11H12N2. The Bertz CT molecular complexity index is 361. The lowest BCUT2D eigenvalue weighted by Crippen LogP contribution is -2.08. The first-order valence-electron chi connectivity index (χ1n) is 4.08. The maximum Gasteiger partial charge on any atom is 0.0995 e. The molecular weight excluding hydrogens is 160 g/mol. The second-order valence-corrected chi connectivity index (χ2v) is 2.96. The minimum atomic E-state index is -0.255. The number of hydrogen-bond acceptors (Lipinski definition) is 2. The van der Waals surface area contributed by atoms with Crippen LogP contribution in [0.4, 0.5) is 0 Å². The van der Waals surface area contributed by atoms with E-state index in [4.69, 9.17) is 11.0 Å². The van der Waals surface area contributed by atoms with Crippen LogP contribution in [0.15, 0.2) is 30.9 Å². The molecule has 1 aromatic rings. The second-order valence-electron chi connectivity index (χ2n) is 2.96. The zero-order valence-electron chi connectivity index (χ0n) is 7.62. The van der Waals surface area contributed by atoms with E-state index in [0.717, 1.165) is 11.1 Å². The Morgan fingerprint density at radius 3 is 2.85 bits per heavy atom. The standard InChI is InChI=1S/C11H12N2/c1-3-11(13)10-6-8(2)4-5-9(10)7-12/h3-6,11H,1,13H2,2H3. The van der Waals surface area contributed by atoms with Crippen molar-refractivity contribution < 1.29 is 0 Å². The summed E-state index contributed by atoms with van der Waals surface area (Å²) in [5, 5.41) is 8.81. The van der Waals surface area contributed by atoms with Crippen molar-refractivity contribution in [2.75, 3.05) is 0 Å². The highest BCUT2D eigenvalue weighted by atomic mass is 14.6. The van der Waals surface area contributed by atoms with Crippen LogP contribution in [0.2, 0.25) is 0 Å². The van der Waals surface area contributed by atoms with Crippen molar-refractivity contribution in [2.45, 2.75) is 13.0 Å². The summed E-state index contributed by atoms with van der Waals surface area (Å²) in [4.78, 5) is 0. The van der Waals surface area contributed by atoms with Crippen LogP contribution in [0.1, 0.15) is 22.7 Å². The molecule has 0 aliphatic rings.